The van der Waals surface area contributed by atoms with Crippen LogP contribution in [0.5, 0.6) is 0 Å². The number of nitrogens with one attached hydrogen (secondary N) is 1. The van der Waals surface area contributed by atoms with Gasteiger partial charge in [-0.2, -0.15) is 9.90 Å². The van der Waals surface area contributed by atoms with E-state index >= 15 is 0 Å². The van der Waals surface area contributed by atoms with Gasteiger partial charge < -0.3 is 11.1 Å². The lowest BCUT2D eigenvalue weighted by Crippen LogP contribution is -1.97. The summed E-state index contributed by atoms with van der Waals surface area (Å²) in [6, 6.07) is 1.80. The number of pyridine rings is 2. The van der Waals surface area contributed by atoms with E-state index in [2.05, 4.69) is 37.3 Å². The fourth-order valence-corrected chi connectivity index (χ4v) is 2.20. The summed E-state index contributed by atoms with van der Waals surface area (Å²) in [6.07, 6.45) is 3.41. The largest absolute Gasteiger partial charge is 0.384 e. The third-order valence-corrected chi connectivity index (χ3v) is 3.23. The lowest BCUT2D eigenvalue weighted by Gasteiger charge is -2.06. The van der Waals surface area contributed by atoms with Gasteiger partial charge in [-0.05, 0) is 18.9 Å². The topological polar surface area (TPSA) is 94.5 Å². The summed E-state index contributed by atoms with van der Waals surface area (Å²) in [5.41, 5.74) is 8.01. The zero-order chi connectivity index (χ0) is 15.7. The number of fused-ring (bicyclic) bond motifs is 1. The van der Waals surface area contributed by atoms with E-state index in [0.717, 1.165) is 27.8 Å². The number of anilines is 2. The number of hydrogen-bond acceptors (Lipinski definition) is 6. The van der Waals surface area contributed by atoms with Crippen LogP contribution in [0.25, 0.3) is 10.8 Å². The van der Waals surface area contributed by atoms with Crippen LogP contribution in [0.3, 0.4) is 0 Å². The molecule has 3 heterocycles. The molecule has 7 nitrogen and oxygen atoms in total. The molecule has 0 unspecified atom stereocenters. The highest BCUT2D eigenvalue weighted by atomic mass is 15.5. The van der Waals surface area contributed by atoms with E-state index in [1.165, 1.54) is 4.80 Å². The Hall–Kier alpha value is -3.14. The third-order valence-electron chi connectivity index (χ3n) is 3.23. The van der Waals surface area contributed by atoms with Crippen LogP contribution < -0.4 is 11.1 Å². The van der Waals surface area contributed by atoms with Gasteiger partial charge in [-0.3, -0.25) is 0 Å². The first-order chi connectivity index (χ1) is 10.6. The van der Waals surface area contributed by atoms with Gasteiger partial charge in [0.25, 0.3) is 0 Å². The summed E-state index contributed by atoms with van der Waals surface area (Å²) >= 11 is 0. The van der Waals surface area contributed by atoms with Crippen LogP contribution in [-0.2, 0) is 7.05 Å². The SMILES string of the molecule is CNc1ncc(C#Cc2nn(C)nc2C)c2cc(N)ncc12. The third kappa shape index (κ3) is 2.42. The van der Waals surface area contributed by atoms with E-state index in [9.17, 15) is 0 Å². The fraction of sp³-hybridized carbons (Fsp3) is 0.200. The number of aromatic nitrogens is 5. The van der Waals surface area contributed by atoms with Gasteiger partial charge in [-0.15, -0.1) is 5.10 Å². The van der Waals surface area contributed by atoms with Gasteiger partial charge in [0.15, 0.2) is 5.69 Å². The Labute approximate surface area is 127 Å². The van der Waals surface area contributed by atoms with Crippen molar-refractivity contribution < 1.29 is 0 Å². The molecule has 0 bridgehead atoms. The van der Waals surface area contributed by atoms with Crippen LogP contribution in [0.1, 0.15) is 17.0 Å². The molecule has 0 aliphatic carbocycles. The first-order valence-electron chi connectivity index (χ1n) is 6.70. The molecule has 0 saturated carbocycles. The summed E-state index contributed by atoms with van der Waals surface area (Å²) in [5, 5.41) is 13.2. The minimum Gasteiger partial charge on any atom is -0.384 e. The number of hydrogen-bond donors (Lipinski definition) is 2. The van der Waals surface area contributed by atoms with E-state index in [0.29, 0.717) is 11.5 Å². The van der Waals surface area contributed by atoms with Crippen molar-refractivity contribution in [2.75, 3.05) is 18.1 Å². The van der Waals surface area contributed by atoms with Gasteiger partial charge >= 0.3 is 0 Å². The lowest BCUT2D eigenvalue weighted by atomic mass is 10.1. The highest BCUT2D eigenvalue weighted by Crippen LogP contribution is 2.24. The summed E-state index contributed by atoms with van der Waals surface area (Å²) < 4.78 is 0. The molecular weight excluding hydrogens is 278 g/mol. The maximum absolute atomic E-state index is 5.79. The van der Waals surface area contributed by atoms with Gasteiger partial charge in [0.05, 0.1) is 11.3 Å². The van der Waals surface area contributed by atoms with Crippen LogP contribution >= 0.6 is 0 Å². The molecule has 110 valence electrons. The predicted octanol–water partition coefficient (Wildman–Crippen LogP) is 1.09. The fourth-order valence-electron chi connectivity index (χ4n) is 2.20. The van der Waals surface area contributed by atoms with E-state index < -0.39 is 0 Å². The highest BCUT2D eigenvalue weighted by molar-refractivity contribution is 5.96. The van der Waals surface area contributed by atoms with Crippen molar-refractivity contribution in [3.63, 3.8) is 0 Å². The molecule has 0 aliphatic rings. The molecule has 7 heteroatoms. The molecule has 3 aromatic rings. The van der Waals surface area contributed by atoms with Crippen molar-refractivity contribution in [1.29, 1.82) is 0 Å². The molecule has 3 rings (SSSR count). The Morgan fingerprint density at radius 1 is 1.14 bits per heavy atom. The van der Waals surface area contributed by atoms with E-state index in [4.69, 9.17) is 5.73 Å². The van der Waals surface area contributed by atoms with Gasteiger partial charge in [-0.25, -0.2) is 9.97 Å². The minimum atomic E-state index is 0.444. The average Bonchev–Trinajstić information content (AvgIpc) is 2.82. The minimum absolute atomic E-state index is 0.444. The van der Waals surface area contributed by atoms with Crippen molar-refractivity contribution in [2.24, 2.45) is 7.05 Å². The van der Waals surface area contributed by atoms with Crippen molar-refractivity contribution in [3.8, 4) is 11.8 Å². The molecule has 0 spiro atoms. The molecule has 0 fully saturated rings. The van der Waals surface area contributed by atoms with E-state index in [1.54, 1.807) is 25.5 Å². The predicted molar refractivity (Wildman–Crippen MR) is 85.2 cm³/mol. The second-order valence-corrected chi connectivity index (χ2v) is 4.80. The average molecular weight is 293 g/mol. The molecule has 0 aliphatic heterocycles. The van der Waals surface area contributed by atoms with Crippen LogP contribution in [0, 0.1) is 18.8 Å². The van der Waals surface area contributed by atoms with E-state index in [1.807, 2.05) is 14.0 Å². The molecular formula is C15H15N7. The Morgan fingerprint density at radius 3 is 2.64 bits per heavy atom. The monoisotopic (exact) mass is 293 g/mol. The van der Waals surface area contributed by atoms with Gasteiger partial charge in [-0.1, -0.05) is 5.92 Å². The van der Waals surface area contributed by atoms with Gasteiger partial charge in [0.1, 0.15) is 11.6 Å². The number of aryl methyl sites for hydroxylation is 2. The van der Waals surface area contributed by atoms with E-state index in [-0.39, 0.29) is 0 Å². The first-order valence-corrected chi connectivity index (χ1v) is 6.70. The lowest BCUT2D eigenvalue weighted by molar-refractivity contribution is 0.648. The quantitative estimate of drug-likeness (QED) is 0.652. The van der Waals surface area contributed by atoms with Crippen LogP contribution in [-0.4, -0.2) is 32.0 Å². The second kappa shape index (κ2) is 5.33. The Morgan fingerprint density at radius 2 is 1.95 bits per heavy atom. The number of rotatable bonds is 1. The van der Waals surface area contributed by atoms with Crippen LogP contribution in [0.15, 0.2) is 18.5 Å². The summed E-state index contributed by atoms with van der Waals surface area (Å²) in [4.78, 5) is 9.98. The van der Waals surface area contributed by atoms with Gasteiger partial charge in [0, 0.05) is 37.3 Å². The van der Waals surface area contributed by atoms with Crippen molar-refractivity contribution >= 4 is 22.4 Å². The van der Waals surface area contributed by atoms with Crippen molar-refractivity contribution in [1.82, 2.24) is 25.0 Å². The van der Waals surface area contributed by atoms with Gasteiger partial charge in [0.2, 0.25) is 0 Å². The number of nitrogens with two attached hydrogens (primary N) is 1. The molecule has 0 saturated heterocycles. The molecule has 0 amide bonds. The Balaban J connectivity index is 2.16. The normalized spacial score (nSPS) is 10.3. The number of nitrogen functional groups attached to an aromatic ring is 1. The van der Waals surface area contributed by atoms with Crippen LogP contribution in [0.2, 0.25) is 0 Å². The maximum Gasteiger partial charge on any atom is 0.158 e. The summed E-state index contributed by atoms with van der Waals surface area (Å²) in [7, 11) is 3.58. The van der Waals surface area contributed by atoms with Crippen molar-refractivity contribution in [2.45, 2.75) is 6.92 Å². The molecule has 0 radical (unpaired) electrons. The second-order valence-electron chi connectivity index (χ2n) is 4.80. The summed E-state index contributed by atoms with van der Waals surface area (Å²) in [6.45, 7) is 1.87. The zero-order valence-electron chi connectivity index (χ0n) is 12.5. The standard InChI is InChI=1S/C15H15N7/c1-9-13(21-22(3)20-9)5-4-10-7-19-15(17-2)12-8-18-14(16)6-11(10)12/h6-8H,1-3H3,(H2,16,18)(H,17,19). The highest BCUT2D eigenvalue weighted by Gasteiger charge is 2.07. The Bertz CT molecular complexity index is 915. The van der Waals surface area contributed by atoms with Crippen molar-refractivity contribution in [3.05, 3.63) is 35.4 Å². The number of nitrogens with zero attached hydrogens (tertiary/aromatic N) is 5. The summed E-state index contributed by atoms with van der Waals surface area (Å²) in [5.74, 6) is 7.31. The zero-order valence-corrected chi connectivity index (χ0v) is 12.5. The molecule has 3 N–H and O–H groups in total. The molecule has 0 atom stereocenters. The molecule has 22 heavy (non-hydrogen) atoms. The smallest absolute Gasteiger partial charge is 0.158 e. The van der Waals surface area contributed by atoms with Crippen LogP contribution in [0.4, 0.5) is 11.6 Å². The first kappa shape index (κ1) is 13.8. The maximum atomic E-state index is 5.79. The molecule has 0 aromatic carbocycles. The Kier molecular flexibility index (Phi) is 3.35. The molecule has 3 aromatic heterocycles.